The highest BCUT2D eigenvalue weighted by molar-refractivity contribution is 8.27. The summed E-state index contributed by atoms with van der Waals surface area (Å²) < 4.78 is 0.474. The zero-order valence-corrected chi connectivity index (χ0v) is 18.3. The summed E-state index contributed by atoms with van der Waals surface area (Å²) in [5.74, 6) is 0.307. The zero-order chi connectivity index (χ0) is 20.9. The molecule has 30 heavy (non-hydrogen) atoms. The van der Waals surface area contributed by atoms with Crippen molar-refractivity contribution in [3.05, 3.63) is 70.6 Å². The number of anilines is 1. The van der Waals surface area contributed by atoms with Gasteiger partial charge in [-0.2, -0.15) is 0 Å². The van der Waals surface area contributed by atoms with E-state index in [2.05, 4.69) is 5.32 Å². The van der Waals surface area contributed by atoms with E-state index in [1.165, 1.54) is 48.8 Å². The molecule has 4 rings (SSSR count). The van der Waals surface area contributed by atoms with Crippen LogP contribution in [-0.4, -0.2) is 22.7 Å². The summed E-state index contributed by atoms with van der Waals surface area (Å²) >= 11 is 6.75. The van der Waals surface area contributed by atoms with Crippen LogP contribution in [0.4, 0.5) is 5.69 Å². The topological polar surface area (TPSA) is 49.4 Å². The van der Waals surface area contributed by atoms with E-state index in [4.69, 9.17) is 12.2 Å². The summed E-state index contributed by atoms with van der Waals surface area (Å²) in [7, 11) is 0. The fourth-order valence-corrected chi connectivity index (χ4v) is 5.21. The third-order valence-electron chi connectivity index (χ3n) is 5.53. The fourth-order valence-electron chi connectivity index (χ4n) is 3.91. The van der Waals surface area contributed by atoms with Gasteiger partial charge in [-0.3, -0.25) is 14.5 Å². The van der Waals surface area contributed by atoms with Crippen LogP contribution in [0.1, 0.15) is 48.0 Å². The number of benzene rings is 2. The van der Waals surface area contributed by atoms with Crippen molar-refractivity contribution >= 4 is 51.9 Å². The number of nitrogens with zero attached hydrogens (tertiary/aromatic N) is 1. The Hall–Kier alpha value is -2.44. The first-order valence-electron chi connectivity index (χ1n) is 10.3. The Kier molecular flexibility index (Phi) is 6.65. The van der Waals surface area contributed by atoms with Crippen molar-refractivity contribution in [1.82, 2.24) is 5.32 Å². The molecule has 0 atom stereocenters. The van der Waals surface area contributed by atoms with E-state index in [0.29, 0.717) is 32.9 Å². The summed E-state index contributed by atoms with van der Waals surface area (Å²) in [6.45, 7) is 0.712. The maximum atomic E-state index is 13.0. The minimum absolute atomic E-state index is 0.104. The SMILES string of the molecule is O=C(NCC1CCCCC1)c1cccc(N2C(=O)/C(=C/c3ccccc3)SC2=S)c1. The molecule has 2 aromatic carbocycles. The molecule has 0 bridgehead atoms. The molecule has 1 heterocycles. The van der Waals surface area contributed by atoms with Gasteiger partial charge >= 0.3 is 0 Å². The second-order valence-electron chi connectivity index (χ2n) is 7.69. The maximum Gasteiger partial charge on any atom is 0.270 e. The van der Waals surface area contributed by atoms with Crippen molar-refractivity contribution in [2.45, 2.75) is 32.1 Å². The smallest absolute Gasteiger partial charge is 0.270 e. The molecule has 0 unspecified atom stereocenters. The molecule has 1 saturated carbocycles. The lowest BCUT2D eigenvalue weighted by atomic mass is 9.89. The van der Waals surface area contributed by atoms with Gasteiger partial charge < -0.3 is 5.32 Å². The lowest BCUT2D eigenvalue weighted by molar-refractivity contribution is -0.113. The van der Waals surface area contributed by atoms with Crippen molar-refractivity contribution in [3.8, 4) is 0 Å². The summed E-state index contributed by atoms with van der Waals surface area (Å²) in [6.07, 6.45) is 8.02. The van der Waals surface area contributed by atoms with Crippen LogP contribution in [0.3, 0.4) is 0 Å². The second-order valence-corrected chi connectivity index (χ2v) is 9.37. The standard InChI is InChI=1S/C24H24N2O2S2/c27-22(25-16-18-10-5-2-6-11-18)19-12-7-13-20(15-19)26-23(28)21(30-24(26)29)14-17-8-3-1-4-9-17/h1,3-4,7-9,12-15,18H,2,5-6,10-11,16H2,(H,25,27)/b21-14-. The molecule has 1 aliphatic heterocycles. The summed E-state index contributed by atoms with van der Waals surface area (Å²) in [6, 6.07) is 16.8. The molecular formula is C24H24N2O2S2. The summed E-state index contributed by atoms with van der Waals surface area (Å²) in [5, 5.41) is 3.06. The fraction of sp³-hybridized carbons (Fsp3) is 0.292. The molecule has 1 saturated heterocycles. The van der Waals surface area contributed by atoms with E-state index in [1.54, 1.807) is 18.2 Å². The van der Waals surface area contributed by atoms with Gasteiger partial charge in [-0.15, -0.1) is 0 Å². The molecule has 2 fully saturated rings. The van der Waals surface area contributed by atoms with Gasteiger partial charge in [0.2, 0.25) is 0 Å². The number of hydrogen-bond donors (Lipinski definition) is 1. The quantitative estimate of drug-likeness (QED) is 0.503. The number of nitrogens with one attached hydrogen (secondary N) is 1. The average Bonchev–Trinajstić information content (AvgIpc) is 3.06. The first-order valence-corrected chi connectivity index (χ1v) is 11.6. The number of thiocarbonyl (C=S) groups is 1. The van der Waals surface area contributed by atoms with Crippen LogP contribution in [0.2, 0.25) is 0 Å². The molecule has 2 aliphatic rings. The zero-order valence-electron chi connectivity index (χ0n) is 16.7. The number of hydrogen-bond acceptors (Lipinski definition) is 4. The van der Waals surface area contributed by atoms with Crippen molar-refractivity contribution in [2.24, 2.45) is 5.92 Å². The van der Waals surface area contributed by atoms with Crippen molar-refractivity contribution in [3.63, 3.8) is 0 Å². The molecule has 1 aliphatic carbocycles. The molecular weight excluding hydrogens is 412 g/mol. The van der Waals surface area contributed by atoms with Crippen LogP contribution in [-0.2, 0) is 4.79 Å². The number of thioether (sulfide) groups is 1. The second kappa shape index (κ2) is 9.58. The third kappa shape index (κ3) is 4.82. The first kappa shape index (κ1) is 20.8. The van der Waals surface area contributed by atoms with Crippen molar-refractivity contribution in [1.29, 1.82) is 0 Å². The third-order valence-corrected chi connectivity index (χ3v) is 6.84. The van der Waals surface area contributed by atoms with E-state index in [9.17, 15) is 9.59 Å². The minimum atomic E-state index is -0.159. The van der Waals surface area contributed by atoms with Crippen molar-refractivity contribution in [2.75, 3.05) is 11.4 Å². The van der Waals surface area contributed by atoms with Gasteiger partial charge in [-0.05, 0) is 48.6 Å². The molecule has 0 radical (unpaired) electrons. The lowest BCUT2D eigenvalue weighted by Gasteiger charge is -2.22. The summed E-state index contributed by atoms with van der Waals surface area (Å²) in [5.41, 5.74) is 2.12. The Morgan fingerprint density at radius 3 is 2.63 bits per heavy atom. The van der Waals surface area contributed by atoms with Crippen molar-refractivity contribution < 1.29 is 9.59 Å². The number of amides is 2. The Labute approximate surface area is 186 Å². The highest BCUT2D eigenvalue weighted by Crippen LogP contribution is 2.36. The van der Waals surface area contributed by atoms with Crippen LogP contribution in [0.25, 0.3) is 6.08 Å². The average molecular weight is 437 g/mol. The monoisotopic (exact) mass is 436 g/mol. The maximum absolute atomic E-state index is 13.0. The Bertz CT molecular complexity index is 982. The molecule has 0 spiro atoms. The molecule has 0 aromatic heterocycles. The van der Waals surface area contributed by atoms with E-state index in [-0.39, 0.29) is 11.8 Å². The van der Waals surface area contributed by atoms with E-state index in [0.717, 1.165) is 5.56 Å². The van der Waals surface area contributed by atoms with Crippen LogP contribution < -0.4 is 10.2 Å². The van der Waals surface area contributed by atoms with E-state index < -0.39 is 0 Å². The number of rotatable bonds is 5. The molecule has 154 valence electrons. The van der Waals surface area contributed by atoms with Gasteiger partial charge in [0.1, 0.15) is 0 Å². The highest BCUT2D eigenvalue weighted by Gasteiger charge is 2.33. The minimum Gasteiger partial charge on any atom is -0.352 e. The molecule has 1 N–H and O–H groups in total. The largest absolute Gasteiger partial charge is 0.352 e. The van der Waals surface area contributed by atoms with Gasteiger partial charge in [0, 0.05) is 12.1 Å². The van der Waals surface area contributed by atoms with Crippen LogP contribution in [0.5, 0.6) is 0 Å². The normalized spacial score (nSPS) is 18.8. The van der Waals surface area contributed by atoms with Crippen LogP contribution >= 0.6 is 24.0 Å². The molecule has 4 nitrogen and oxygen atoms in total. The molecule has 2 aromatic rings. The van der Waals surface area contributed by atoms with Gasteiger partial charge in [-0.25, -0.2) is 0 Å². The lowest BCUT2D eigenvalue weighted by Crippen LogP contribution is -2.31. The van der Waals surface area contributed by atoms with E-state index >= 15 is 0 Å². The Morgan fingerprint density at radius 1 is 1.10 bits per heavy atom. The van der Waals surface area contributed by atoms with Crippen LogP contribution in [0, 0.1) is 5.92 Å². The van der Waals surface area contributed by atoms with Gasteiger partial charge in [0.15, 0.2) is 4.32 Å². The molecule has 6 heteroatoms. The number of carbonyl (C=O) groups is 2. The van der Waals surface area contributed by atoms with E-state index in [1.807, 2.05) is 42.5 Å². The van der Waals surface area contributed by atoms with Gasteiger partial charge in [0.05, 0.1) is 10.6 Å². The predicted molar refractivity (Wildman–Crippen MR) is 127 cm³/mol. The summed E-state index contributed by atoms with van der Waals surface area (Å²) in [4.78, 5) is 27.7. The highest BCUT2D eigenvalue weighted by atomic mass is 32.2. The first-order chi connectivity index (χ1) is 14.6. The van der Waals surface area contributed by atoms with Gasteiger partial charge in [0.25, 0.3) is 11.8 Å². The van der Waals surface area contributed by atoms with Gasteiger partial charge in [-0.1, -0.05) is 79.6 Å². The Morgan fingerprint density at radius 2 is 1.87 bits per heavy atom. The molecule has 2 amide bonds. The number of carbonyl (C=O) groups excluding carboxylic acids is 2. The Balaban J connectivity index is 1.47. The predicted octanol–water partition coefficient (Wildman–Crippen LogP) is 5.40. The van der Waals surface area contributed by atoms with Crippen LogP contribution in [0.15, 0.2) is 59.5 Å².